The summed E-state index contributed by atoms with van der Waals surface area (Å²) in [5.41, 5.74) is 0.812. The molecule has 1 aromatic carbocycles. The van der Waals surface area contributed by atoms with Crippen molar-refractivity contribution >= 4 is 11.7 Å². The minimum atomic E-state index is -0.149. The van der Waals surface area contributed by atoms with Gasteiger partial charge in [0.1, 0.15) is 0 Å². The Bertz CT molecular complexity index is 351. The minimum absolute atomic E-state index is 0.149. The van der Waals surface area contributed by atoms with Gasteiger partial charge < -0.3 is 15.5 Å². The number of carbonyl (C=O) groups excluding carboxylic acids is 1. The van der Waals surface area contributed by atoms with Crippen LogP contribution in [0.4, 0.5) is 10.5 Å². The molecule has 0 aromatic heterocycles. The standard InChI is InChI=1S/C14H23N3O/c1-4-8-13(17(2)3)11-15-14(18)16-12-9-6-5-7-10-12/h5-7,9-10,13H,4,8,11H2,1-3H3,(H2,15,16,18)/t13-/m0/s1. The lowest BCUT2D eigenvalue weighted by Gasteiger charge is -2.24. The topological polar surface area (TPSA) is 44.4 Å². The summed E-state index contributed by atoms with van der Waals surface area (Å²) in [5, 5.41) is 5.72. The Labute approximate surface area is 109 Å². The van der Waals surface area contributed by atoms with E-state index in [2.05, 4.69) is 22.5 Å². The molecule has 4 heteroatoms. The molecule has 0 heterocycles. The van der Waals surface area contributed by atoms with Crippen LogP contribution in [0.15, 0.2) is 30.3 Å². The predicted octanol–water partition coefficient (Wildman–Crippen LogP) is 2.54. The summed E-state index contributed by atoms with van der Waals surface area (Å²) in [6, 6.07) is 9.70. The van der Waals surface area contributed by atoms with Gasteiger partial charge in [-0.05, 0) is 32.6 Å². The molecule has 1 atom stereocenters. The Morgan fingerprint density at radius 3 is 2.50 bits per heavy atom. The number of urea groups is 1. The molecular weight excluding hydrogens is 226 g/mol. The van der Waals surface area contributed by atoms with Gasteiger partial charge in [-0.2, -0.15) is 0 Å². The van der Waals surface area contributed by atoms with Gasteiger partial charge in [0, 0.05) is 18.3 Å². The Balaban J connectivity index is 2.36. The van der Waals surface area contributed by atoms with Crippen LogP contribution in [0.3, 0.4) is 0 Å². The number of nitrogens with zero attached hydrogens (tertiary/aromatic N) is 1. The van der Waals surface area contributed by atoms with E-state index in [9.17, 15) is 4.79 Å². The highest BCUT2D eigenvalue weighted by Gasteiger charge is 2.11. The molecule has 0 bridgehead atoms. The first-order valence-electron chi connectivity index (χ1n) is 6.39. The highest BCUT2D eigenvalue weighted by molar-refractivity contribution is 5.89. The van der Waals surface area contributed by atoms with E-state index in [1.165, 1.54) is 0 Å². The van der Waals surface area contributed by atoms with Gasteiger partial charge in [0.25, 0.3) is 0 Å². The number of hydrogen-bond donors (Lipinski definition) is 2. The van der Waals surface area contributed by atoms with Crippen molar-refractivity contribution in [1.29, 1.82) is 0 Å². The van der Waals surface area contributed by atoms with Gasteiger partial charge in [-0.25, -0.2) is 4.79 Å². The van der Waals surface area contributed by atoms with Crippen molar-refractivity contribution in [3.8, 4) is 0 Å². The van der Waals surface area contributed by atoms with Crippen molar-refractivity contribution in [3.05, 3.63) is 30.3 Å². The molecule has 0 spiro atoms. The second-order valence-corrected chi connectivity index (χ2v) is 4.61. The average Bonchev–Trinajstić information content (AvgIpc) is 2.35. The molecule has 0 radical (unpaired) electrons. The van der Waals surface area contributed by atoms with Gasteiger partial charge in [-0.1, -0.05) is 31.5 Å². The molecule has 0 aliphatic carbocycles. The number of nitrogens with one attached hydrogen (secondary N) is 2. The van der Waals surface area contributed by atoms with E-state index in [4.69, 9.17) is 0 Å². The van der Waals surface area contributed by atoms with Crippen LogP contribution < -0.4 is 10.6 Å². The lowest BCUT2D eigenvalue weighted by atomic mass is 10.1. The largest absolute Gasteiger partial charge is 0.336 e. The zero-order valence-electron chi connectivity index (χ0n) is 11.4. The van der Waals surface area contributed by atoms with Gasteiger partial charge in [0.2, 0.25) is 0 Å². The maximum Gasteiger partial charge on any atom is 0.319 e. The van der Waals surface area contributed by atoms with Crippen LogP contribution in [0, 0.1) is 0 Å². The van der Waals surface area contributed by atoms with Gasteiger partial charge in [-0.15, -0.1) is 0 Å². The third-order valence-electron chi connectivity index (χ3n) is 2.88. The number of hydrogen-bond acceptors (Lipinski definition) is 2. The number of benzene rings is 1. The second-order valence-electron chi connectivity index (χ2n) is 4.61. The summed E-state index contributed by atoms with van der Waals surface area (Å²) in [5.74, 6) is 0. The van der Waals surface area contributed by atoms with Gasteiger partial charge in [-0.3, -0.25) is 0 Å². The highest BCUT2D eigenvalue weighted by Crippen LogP contribution is 2.05. The van der Waals surface area contributed by atoms with Gasteiger partial charge >= 0.3 is 6.03 Å². The number of likely N-dealkylation sites (N-methyl/N-ethyl adjacent to an activating group) is 1. The zero-order valence-corrected chi connectivity index (χ0v) is 11.4. The van der Waals surface area contributed by atoms with E-state index in [1.807, 2.05) is 44.4 Å². The predicted molar refractivity (Wildman–Crippen MR) is 75.8 cm³/mol. The summed E-state index contributed by atoms with van der Waals surface area (Å²) in [4.78, 5) is 13.8. The van der Waals surface area contributed by atoms with Crippen molar-refractivity contribution in [3.63, 3.8) is 0 Å². The van der Waals surface area contributed by atoms with E-state index >= 15 is 0 Å². The maximum absolute atomic E-state index is 11.7. The maximum atomic E-state index is 11.7. The molecule has 0 unspecified atom stereocenters. The summed E-state index contributed by atoms with van der Waals surface area (Å²) < 4.78 is 0. The van der Waals surface area contributed by atoms with E-state index in [0.717, 1.165) is 18.5 Å². The third-order valence-corrected chi connectivity index (χ3v) is 2.88. The highest BCUT2D eigenvalue weighted by atomic mass is 16.2. The molecule has 18 heavy (non-hydrogen) atoms. The molecule has 0 aliphatic rings. The van der Waals surface area contributed by atoms with Crippen molar-refractivity contribution in [1.82, 2.24) is 10.2 Å². The first kappa shape index (κ1) is 14.5. The fraction of sp³-hybridized carbons (Fsp3) is 0.500. The molecule has 1 rings (SSSR count). The van der Waals surface area contributed by atoms with Crippen LogP contribution in [0.25, 0.3) is 0 Å². The van der Waals surface area contributed by atoms with Gasteiger partial charge in [0.15, 0.2) is 0 Å². The lowest BCUT2D eigenvalue weighted by Crippen LogP contribution is -2.41. The number of anilines is 1. The Hall–Kier alpha value is -1.55. The normalized spacial score (nSPS) is 12.2. The van der Waals surface area contributed by atoms with Crippen LogP contribution in [-0.2, 0) is 0 Å². The monoisotopic (exact) mass is 249 g/mol. The van der Waals surface area contributed by atoms with Crippen molar-refractivity contribution in [2.45, 2.75) is 25.8 Å². The zero-order chi connectivity index (χ0) is 13.4. The smallest absolute Gasteiger partial charge is 0.319 e. The van der Waals surface area contributed by atoms with Crippen LogP contribution >= 0.6 is 0 Å². The Kier molecular flexibility index (Phi) is 6.22. The van der Waals surface area contributed by atoms with Crippen LogP contribution in [0.1, 0.15) is 19.8 Å². The summed E-state index contributed by atoms with van der Waals surface area (Å²) in [7, 11) is 4.08. The van der Waals surface area contributed by atoms with Crippen molar-refractivity contribution in [2.24, 2.45) is 0 Å². The Morgan fingerprint density at radius 1 is 1.28 bits per heavy atom. The van der Waals surface area contributed by atoms with E-state index in [1.54, 1.807) is 0 Å². The lowest BCUT2D eigenvalue weighted by molar-refractivity contribution is 0.239. The second kappa shape index (κ2) is 7.71. The molecular formula is C14H23N3O. The van der Waals surface area contributed by atoms with Gasteiger partial charge in [0.05, 0.1) is 0 Å². The number of carbonyl (C=O) groups is 1. The molecule has 0 fully saturated rings. The third kappa shape index (κ3) is 5.19. The van der Waals surface area contributed by atoms with Crippen LogP contribution in [0.2, 0.25) is 0 Å². The van der Waals surface area contributed by atoms with E-state index in [-0.39, 0.29) is 6.03 Å². The summed E-state index contributed by atoms with van der Waals surface area (Å²) in [6.07, 6.45) is 2.20. The van der Waals surface area contributed by atoms with Crippen molar-refractivity contribution in [2.75, 3.05) is 26.0 Å². The molecule has 0 saturated carbocycles. The van der Waals surface area contributed by atoms with Crippen LogP contribution in [0.5, 0.6) is 0 Å². The molecule has 2 N–H and O–H groups in total. The Morgan fingerprint density at radius 2 is 1.94 bits per heavy atom. The first-order valence-corrected chi connectivity index (χ1v) is 6.39. The quantitative estimate of drug-likeness (QED) is 0.813. The van der Waals surface area contributed by atoms with E-state index < -0.39 is 0 Å². The van der Waals surface area contributed by atoms with Crippen molar-refractivity contribution < 1.29 is 4.79 Å². The molecule has 0 aliphatic heterocycles. The SMILES string of the molecule is CCC[C@@H](CNC(=O)Nc1ccccc1)N(C)C. The fourth-order valence-corrected chi connectivity index (χ4v) is 1.78. The molecule has 2 amide bonds. The number of rotatable bonds is 6. The molecule has 100 valence electrons. The number of amides is 2. The molecule has 0 saturated heterocycles. The van der Waals surface area contributed by atoms with Crippen LogP contribution in [-0.4, -0.2) is 37.6 Å². The fourth-order valence-electron chi connectivity index (χ4n) is 1.78. The molecule has 1 aromatic rings. The summed E-state index contributed by atoms with van der Waals surface area (Å²) >= 11 is 0. The first-order chi connectivity index (χ1) is 8.63. The summed E-state index contributed by atoms with van der Waals surface area (Å²) in [6.45, 7) is 2.82. The average molecular weight is 249 g/mol. The minimum Gasteiger partial charge on any atom is -0.336 e. The number of para-hydroxylation sites is 1. The molecule has 4 nitrogen and oxygen atoms in total. The van der Waals surface area contributed by atoms with E-state index in [0.29, 0.717) is 12.6 Å².